The minimum absolute atomic E-state index is 0.104. The van der Waals surface area contributed by atoms with Gasteiger partial charge in [-0.1, -0.05) is 48.5 Å². The van der Waals surface area contributed by atoms with E-state index in [0.29, 0.717) is 27.9 Å². The van der Waals surface area contributed by atoms with Crippen LogP contribution in [0.3, 0.4) is 0 Å². The van der Waals surface area contributed by atoms with Crippen molar-refractivity contribution >= 4 is 94.6 Å². The predicted molar refractivity (Wildman–Crippen MR) is 239 cm³/mol. The molecule has 2 amide bonds. The van der Waals surface area contributed by atoms with Crippen molar-refractivity contribution in [2.24, 2.45) is 0 Å². The largest absolute Gasteiger partial charge is 0.511 e. The van der Waals surface area contributed by atoms with Gasteiger partial charge < -0.3 is 35.3 Å². The Hall–Kier alpha value is -7.24. The Bertz CT molecular complexity index is 2890. The zero-order valence-electron chi connectivity index (χ0n) is 34.5. The Labute approximate surface area is 338 Å². The number of nitrogens with zero attached hydrogens (tertiary/aromatic N) is 6. The molecule has 0 bridgehead atoms. The highest BCUT2D eigenvalue weighted by molar-refractivity contribution is 6.24. The summed E-state index contributed by atoms with van der Waals surface area (Å²) in [6.45, 7) is 2.85. The van der Waals surface area contributed by atoms with E-state index in [1.54, 1.807) is 0 Å². The quantitative estimate of drug-likeness (QED) is 0.102. The fourth-order valence-electron chi connectivity index (χ4n) is 8.68. The van der Waals surface area contributed by atoms with Crippen LogP contribution < -0.4 is 30.2 Å². The van der Waals surface area contributed by atoms with Crippen molar-refractivity contribution in [3.05, 3.63) is 101 Å². The van der Waals surface area contributed by atoms with Crippen molar-refractivity contribution in [1.82, 2.24) is 0 Å². The van der Waals surface area contributed by atoms with Crippen LogP contribution in [0.4, 0.5) is 34.1 Å². The number of hydrogen-bond acceptors (Lipinski definition) is 9. The molecule has 11 heteroatoms. The van der Waals surface area contributed by atoms with Crippen LogP contribution in [0.5, 0.6) is 0 Å². The number of nitriles is 2. The third-order valence-electron chi connectivity index (χ3n) is 10.8. The number of aliphatic hydroxyl groups excluding tert-OH is 1. The van der Waals surface area contributed by atoms with Gasteiger partial charge in [0, 0.05) is 126 Å². The molecule has 3 N–H and O–H groups in total. The first-order chi connectivity index (χ1) is 27.6. The summed E-state index contributed by atoms with van der Waals surface area (Å²) in [7, 11) is 15.7. The average molecular weight is 771 g/mol. The summed E-state index contributed by atoms with van der Waals surface area (Å²) in [4.78, 5) is 34.1. The molecule has 0 heterocycles. The molecule has 7 rings (SSSR count). The number of aliphatic hydroxyl groups is 1. The number of carbonyl (C=O) groups is 2. The van der Waals surface area contributed by atoms with E-state index in [1.165, 1.54) is 13.8 Å². The molecule has 1 aliphatic carbocycles. The Balaban J connectivity index is 1.71. The first kappa shape index (κ1) is 39.0. The van der Waals surface area contributed by atoms with Crippen LogP contribution in [0.25, 0.3) is 48.7 Å². The lowest BCUT2D eigenvalue weighted by Crippen LogP contribution is -2.26. The standard InChI is InChI=1S/C47H46N8O3/c1-25(56)50-34-21-36(52(3)4)41-32(19-27-15-11-13-17-30(27)45(41)54(7)8)39(34)43-38(29(23-48)24-49)44(47(43)58)40-33-20-28-16-12-14-18-31(28)46(55(9)10)42(33)37(53(5)6)22-35(40)51-26(2)57/h11-22,43,58H,1-10H3,(H,50,56)(H,51,57). The third-order valence-corrected chi connectivity index (χ3v) is 10.8. The minimum Gasteiger partial charge on any atom is -0.511 e. The highest BCUT2D eigenvalue weighted by Gasteiger charge is 2.44. The fraction of sp³-hybridized carbons (Fsp3) is 0.234. The van der Waals surface area contributed by atoms with Crippen molar-refractivity contribution in [1.29, 1.82) is 10.5 Å². The summed E-state index contributed by atoms with van der Waals surface area (Å²) < 4.78 is 0. The van der Waals surface area contributed by atoms with Gasteiger partial charge >= 0.3 is 0 Å². The second-order valence-corrected chi connectivity index (χ2v) is 15.6. The van der Waals surface area contributed by atoms with Gasteiger partial charge in [0.2, 0.25) is 11.8 Å². The molecule has 292 valence electrons. The van der Waals surface area contributed by atoms with E-state index in [-0.39, 0.29) is 34.3 Å². The number of nitrogens with one attached hydrogen (secondary N) is 2. The molecular weight excluding hydrogens is 725 g/mol. The van der Waals surface area contributed by atoms with Gasteiger partial charge in [0.15, 0.2) is 0 Å². The van der Waals surface area contributed by atoms with E-state index >= 15 is 0 Å². The number of allylic oxidation sites excluding steroid dienone is 3. The molecule has 6 aromatic rings. The van der Waals surface area contributed by atoms with Gasteiger partial charge in [-0.3, -0.25) is 9.59 Å². The first-order valence-electron chi connectivity index (χ1n) is 18.9. The summed E-state index contributed by atoms with van der Waals surface area (Å²) in [5.41, 5.74) is 5.73. The second kappa shape index (κ2) is 14.7. The van der Waals surface area contributed by atoms with Gasteiger partial charge in [-0.2, -0.15) is 10.5 Å². The Morgan fingerprint density at radius 3 is 1.53 bits per heavy atom. The van der Waals surface area contributed by atoms with E-state index < -0.39 is 5.92 Å². The van der Waals surface area contributed by atoms with Crippen molar-refractivity contribution in [3.63, 3.8) is 0 Å². The number of carbonyl (C=O) groups excluding carboxylic acids is 2. The molecule has 0 aliphatic heterocycles. The Kier molecular flexibility index (Phi) is 9.88. The number of fused-ring (bicyclic) bond motifs is 4. The molecule has 0 spiro atoms. The normalized spacial score (nSPS) is 13.6. The molecule has 0 aromatic heterocycles. The summed E-state index contributed by atoms with van der Waals surface area (Å²) >= 11 is 0. The van der Waals surface area contributed by atoms with E-state index in [0.717, 1.165) is 60.5 Å². The lowest BCUT2D eigenvalue weighted by Gasteiger charge is -2.38. The highest BCUT2D eigenvalue weighted by atomic mass is 16.3. The van der Waals surface area contributed by atoms with Crippen LogP contribution in [0.2, 0.25) is 0 Å². The Morgan fingerprint density at radius 1 is 0.621 bits per heavy atom. The molecular formula is C47H46N8O3. The molecule has 1 atom stereocenters. The van der Waals surface area contributed by atoms with Crippen molar-refractivity contribution in [2.75, 3.05) is 86.6 Å². The minimum atomic E-state index is -1.01. The van der Waals surface area contributed by atoms with Crippen molar-refractivity contribution in [2.45, 2.75) is 19.8 Å². The van der Waals surface area contributed by atoms with Crippen LogP contribution in [0.15, 0.2) is 89.7 Å². The van der Waals surface area contributed by atoms with Gasteiger partial charge in [0.05, 0.1) is 23.0 Å². The van der Waals surface area contributed by atoms with Crippen LogP contribution >= 0.6 is 0 Å². The highest BCUT2D eigenvalue weighted by Crippen LogP contribution is 2.60. The number of benzene rings is 6. The molecule has 0 saturated carbocycles. The maximum absolute atomic E-state index is 13.0. The summed E-state index contributed by atoms with van der Waals surface area (Å²) in [5.74, 6) is -1.77. The molecule has 6 aromatic carbocycles. The lowest BCUT2D eigenvalue weighted by atomic mass is 9.67. The average Bonchev–Trinajstić information content (AvgIpc) is 3.16. The zero-order chi connectivity index (χ0) is 41.9. The topological polar surface area (TPSA) is 139 Å². The monoisotopic (exact) mass is 770 g/mol. The first-order valence-corrected chi connectivity index (χ1v) is 18.9. The van der Waals surface area contributed by atoms with Crippen LogP contribution in [-0.4, -0.2) is 73.3 Å². The fourth-order valence-corrected chi connectivity index (χ4v) is 8.68. The van der Waals surface area contributed by atoms with E-state index in [1.807, 2.05) is 127 Å². The number of amides is 2. The molecule has 0 saturated heterocycles. The van der Waals surface area contributed by atoms with Crippen molar-refractivity contribution in [3.8, 4) is 12.1 Å². The number of hydrogen-bond donors (Lipinski definition) is 3. The predicted octanol–water partition coefficient (Wildman–Crippen LogP) is 8.89. The molecule has 11 nitrogen and oxygen atoms in total. The van der Waals surface area contributed by atoms with Crippen LogP contribution in [-0.2, 0) is 9.59 Å². The van der Waals surface area contributed by atoms with E-state index in [2.05, 4.69) is 44.7 Å². The summed E-state index contributed by atoms with van der Waals surface area (Å²) in [5, 5.41) is 47.3. The SMILES string of the molecule is CC(=O)Nc1cc(N(C)C)c2c(N(C)C)c3ccccc3cc2c1C1=C(O)C(c2c(NC(C)=O)cc(N(C)C)c3c(N(C)C)c4ccccc4cc23)C1=C(C#N)C#N. The van der Waals surface area contributed by atoms with Crippen LogP contribution in [0, 0.1) is 22.7 Å². The van der Waals surface area contributed by atoms with E-state index in [4.69, 9.17) is 0 Å². The maximum atomic E-state index is 13.0. The molecule has 1 aliphatic rings. The van der Waals surface area contributed by atoms with Crippen LogP contribution in [0.1, 0.15) is 30.9 Å². The van der Waals surface area contributed by atoms with Gasteiger partial charge in [-0.05, 0) is 51.4 Å². The number of rotatable bonds is 8. The third kappa shape index (κ3) is 6.12. The van der Waals surface area contributed by atoms with Gasteiger partial charge in [0.25, 0.3) is 0 Å². The zero-order valence-corrected chi connectivity index (χ0v) is 34.5. The second-order valence-electron chi connectivity index (χ2n) is 15.6. The van der Waals surface area contributed by atoms with Crippen molar-refractivity contribution < 1.29 is 14.7 Å². The Morgan fingerprint density at radius 2 is 1.07 bits per heavy atom. The van der Waals surface area contributed by atoms with Gasteiger partial charge in [-0.25, -0.2) is 0 Å². The summed E-state index contributed by atoms with van der Waals surface area (Å²) in [6, 6.07) is 28.2. The lowest BCUT2D eigenvalue weighted by molar-refractivity contribution is -0.115. The molecule has 58 heavy (non-hydrogen) atoms. The summed E-state index contributed by atoms with van der Waals surface area (Å²) in [6.07, 6.45) is 0. The molecule has 0 radical (unpaired) electrons. The smallest absolute Gasteiger partial charge is 0.221 e. The number of anilines is 6. The van der Waals surface area contributed by atoms with Gasteiger partial charge in [-0.15, -0.1) is 0 Å². The maximum Gasteiger partial charge on any atom is 0.221 e. The van der Waals surface area contributed by atoms with Gasteiger partial charge in [0.1, 0.15) is 23.5 Å². The molecule has 1 unspecified atom stereocenters. The molecule has 0 fully saturated rings. The van der Waals surface area contributed by atoms with E-state index in [9.17, 15) is 25.2 Å².